The monoisotopic (exact) mass is 474 g/mol. The van der Waals surface area contributed by atoms with Gasteiger partial charge in [0.1, 0.15) is 0 Å². The minimum atomic E-state index is -3.53. The van der Waals surface area contributed by atoms with Gasteiger partial charge in [-0.05, 0) is 68.5 Å². The van der Waals surface area contributed by atoms with E-state index in [1.165, 1.54) is 21.3 Å². The van der Waals surface area contributed by atoms with Gasteiger partial charge in [-0.2, -0.15) is 4.31 Å². The fourth-order valence-corrected chi connectivity index (χ4v) is 6.47. The second-order valence-corrected chi connectivity index (χ2v) is 10.4. The topological polar surface area (TPSA) is 85.4 Å². The van der Waals surface area contributed by atoms with Crippen molar-refractivity contribution in [3.05, 3.63) is 41.0 Å². The molecule has 4 rings (SSSR count). The fraction of sp³-hybridized carbons (Fsp3) is 0.458. The zero-order valence-corrected chi connectivity index (χ0v) is 20.5. The van der Waals surface area contributed by atoms with Gasteiger partial charge in [0.05, 0.1) is 31.9 Å². The number of anilines is 1. The maximum absolute atomic E-state index is 13.6. The number of hydrogen-bond acceptors (Lipinski definition) is 6. The molecule has 178 valence electrons. The molecular formula is C24H30N2O6S. The Bertz CT molecular complexity index is 1160. The lowest BCUT2D eigenvalue weighted by Gasteiger charge is -2.25. The van der Waals surface area contributed by atoms with Crippen molar-refractivity contribution >= 4 is 21.6 Å². The van der Waals surface area contributed by atoms with Gasteiger partial charge in [0.2, 0.25) is 15.8 Å². The molecule has 2 aliphatic heterocycles. The highest BCUT2D eigenvalue weighted by molar-refractivity contribution is 7.89. The quantitative estimate of drug-likeness (QED) is 0.638. The van der Waals surface area contributed by atoms with Crippen LogP contribution in [0.3, 0.4) is 0 Å². The summed E-state index contributed by atoms with van der Waals surface area (Å²) in [5.41, 5.74) is 2.79. The second kappa shape index (κ2) is 8.87. The summed E-state index contributed by atoms with van der Waals surface area (Å²) in [4.78, 5) is 15.7. The Morgan fingerprint density at radius 1 is 0.970 bits per heavy atom. The normalized spacial score (nSPS) is 18.3. The van der Waals surface area contributed by atoms with Crippen molar-refractivity contribution in [1.29, 1.82) is 0 Å². The highest BCUT2D eigenvalue weighted by Gasteiger charge is 2.36. The van der Waals surface area contributed by atoms with Crippen LogP contribution < -0.4 is 19.1 Å². The molecule has 2 aromatic rings. The Kier molecular flexibility index (Phi) is 6.28. The maximum atomic E-state index is 13.6. The third-order valence-corrected chi connectivity index (χ3v) is 8.26. The largest absolute Gasteiger partial charge is 0.493 e. The average molecular weight is 475 g/mol. The molecule has 0 spiro atoms. The van der Waals surface area contributed by atoms with E-state index >= 15 is 0 Å². The standard InChI is InChI=1S/C24H30N2O6S/c1-15-10-19(33(28,29)25-8-6-7-9-25)12-17-11-16(2)26(22(15)17)24(27)18-13-20(30-3)23(32-5)21(14-18)31-4/h10,12-14,16H,6-9,11H2,1-5H3. The van der Waals surface area contributed by atoms with E-state index in [0.29, 0.717) is 47.2 Å². The van der Waals surface area contributed by atoms with E-state index in [1.54, 1.807) is 33.5 Å². The molecule has 33 heavy (non-hydrogen) atoms. The van der Waals surface area contributed by atoms with E-state index in [2.05, 4.69) is 0 Å². The summed E-state index contributed by atoms with van der Waals surface area (Å²) in [6, 6.07) is 6.55. The van der Waals surface area contributed by atoms with E-state index in [1.807, 2.05) is 13.8 Å². The van der Waals surface area contributed by atoms with Crippen LogP contribution in [0.25, 0.3) is 0 Å². The molecule has 0 saturated carbocycles. The van der Waals surface area contributed by atoms with Crippen molar-refractivity contribution in [3.63, 3.8) is 0 Å². The summed E-state index contributed by atoms with van der Waals surface area (Å²) in [5, 5.41) is 0. The van der Waals surface area contributed by atoms with Crippen molar-refractivity contribution in [3.8, 4) is 17.2 Å². The number of fused-ring (bicyclic) bond motifs is 1. The molecule has 9 heteroatoms. The zero-order chi connectivity index (χ0) is 23.9. The van der Waals surface area contributed by atoms with Crippen LogP contribution in [0.2, 0.25) is 0 Å². The predicted octanol–water partition coefficient (Wildman–Crippen LogP) is 3.40. The molecule has 0 bridgehead atoms. The lowest BCUT2D eigenvalue weighted by molar-refractivity contribution is 0.0980. The number of carbonyl (C=O) groups excluding carboxylic acids is 1. The molecule has 0 N–H and O–H groups in total. The first-order valence-electron chi connectivity index (χ1n) is 11.0. The minimum Gasteiger partial charge on any atom is -0.493 e. The number of benzene rings is 2. The van der Waals surface area contributed by atoms with Crippen LogP contribution in [-0.2, 0) is 16.4 Å². The van der Waals surface area contributed by atoms with Gasteiger partial charge in [-0.3, -0.25) is 4.79 Å². The molecule has 1 amide bonds. The van der Waals surface area contributed by atoms with Gasteiger partial charge in [-0.25, -0.2) is 8.42 Å². The highest BCUT2D eigenvalue weighted by Crippen LogP contribution is 2.42. The van der Waals surface area contributed by atoms with E-state index in [4.69, 9.17) is 14.2 Å². The molecule has 1 unspecified atom stereocenters. The second-order valence-electron chi connectivity index (χ2n) is 8.50. The first kappa shape index (κ1) is 23.4. The summed E-state index contributed by atoms with van der Waals surface area (Å²) < 4.78 is 44.0. The number of nitrogens with zero attached hydrogens (tertiary/aromatic N) is 2. The number of amides is 1. The average Bonchev–Trinajstić information content (AvgIpc) is 3.45. The van der Waals surface area contributed by atoms with Gasteiger partial charge < -0.3 is 19.1 Å². The Balaban J connectivity index is 1.75. The van der Waals surface area contributed by atoms with Crippen LogP contribution in [-0.4, -0.2) is 59.1 Å². The summed E-state index contributed by atoms with van der Waals surface area (Å²) in [5.74, 6) is 1.00. The van der Waals surface area contributed by atoms with Crippen LogP contribution in [0.15, 0.2) is 29.2 Å². The summed E-state index contributed by atoms with van der Waals surface area (Å²) in [6.07, 6.45) is 2.35. The third-order valence-electron chi connectivity index (χ3n) is 6.38. The van der Waals surface area contributed by atoms with Gasteiger partial charge in [0, 0.05) is 24.7 Å². The fourth-order valence-electron chi connectivity index (χ4n) is 4.82. The molecule has 1 saturated heterocycles. The molecule has 1 atom stereocenters. The smallest absolute Gasteiger partial charge is 0.258 e. The van der Waals surface area contributed by atoms with Crippen molar-refractivity contribution in [1.82, 2.24) is 4.31 Å². The van der Waals surface area contributed by atoms with Crippen molar-refractivity contribution in [2.24, 2.45) is 0 Å². The number of ether oxygens (including phenoxy) is 3. The lowest BCUT2D eigenvalue weighted by Crippen LogP contribution is -2.36. The van der Waals surface area contributed by atoms with Crippen LogP contribution in [0.1, 0.15) is 41.3 Å². The molecule has 0 aliphatic carbocycles. The van der Waals surface area contributed by atoms with E-state index in [9.17, 15) is 13.2 Å². The Morgan fingerprint density at radius 2 is 1.58 bits per heavy atom. The molecule has 0 radical (unpaired) electrons. The van der Waals surface area contributed by atoms with Crippen LogP contribution >= 0.6 is 0 Å². The molecule has 2 aliphatic rings. The number of carbonyl (C=O) groups is 1. The molecule has 2 aromatic carbocycles. The highest BCUT2D eigenvalue weighted by atomic mass is 32.2. The van der Waals surface area contributed by atoms with Crippen LogP contribution in [0, 0.1) is 6.92 Å². The number of sulfonamides is 1. The Morgan fingerprint density at radius 3 is 2.12 bits per heavy atom. The number of rotatable bonds is 6. The summed E-state index contributed by atoms with van der Waals surface area (Å²) in [7, 11) is 0.990. The summed E-state index contributed by atoms with van der Waals surface area (Å²) in [6.45, 7) is 4.93. The Hall–Kier alpha value is -2.78. The third kappa shape index (κ3) is 3.93. The zero-order valence-electron chi connectivity index (χ0n) is 19.7. The van der Waals surface area contributed by atoms with Crippen molar-refractivity contribution in [2.75, 3.05) is 39.3 Å². The first-order chi connectivity index (χ1) is 15.7. The van der Waals surface area contributed by atoms with Gasteiger partial charge in [-0.1, -0.05) is 0 Å². The van der Waals surface area contributed by atoms with Crippen molar-refractivity contribution < 1.29 is 27.4 Å². The summed E-state index contributed by atoms with van der Waals surface area (Å²) >= 11 is 0. The van der Waals surface area contributed by atoms with Crippen LogP contribution in [0.5, 0.6) is 17.2 Å². The number of methoxy groups -OCH3 is 3. The van der Waals surface area contributed by atoms with E-state index in [0.717, 1.165) is 29.7 Å². The minimum absolute atomic E-state index is 0.130. The van der Waals surface area contributed by atoms with Crippen LogP contribution in [0.4, 0.5) is 5.69 Å². The Labute approximate surface area is 195 Å². The predicted molar refractivity (Wildman–Crippen MR) is 125 cm³/mol. The van der Waals surface area contributed by atoms with Gasteiger partial charge in [0.15, 0.2) is 11.5 Å². The van der Waals surface area contributed by atoms with Gasteiger partial charge in [-0.15, -0.1) is 0 Å². The molecular weight excluding hydrogens is 444 g/mol. The van der Waals surface area contributed by atoms with Gasteiger partial charge >= 0.3 is 0 Å². The molecule has 2 heterocycles. The van der Waals surface area contributed by atoms with E-state index in [-0.39, 0.29) is 11.9 Å². The maximum Gasteiger partial charge on any atom is 0.258 e. The van der Waals surface area contributed by atoms with Gasteiger partial charge in [0.25, 0.3) is 5.91 Å². The lowest BCUT2D eigenvalue weighted by atomic mass is 10.1. The number of hydrogen-bond donors (Lipinski definition) is 0. The van der Waals surface area contributed by atoms with E-state index < -0.39 is 10.0 Å². The van der Waals surface area contributed by atoms with Crippen molar-refractivity contribution in [2.45, 2.75) is 44.0 Å². The molecule has 1 fully saturated rings. The molecule has 0 aromatic heterocycles. The first-order valence-corrected chi connectivity index (χ1v) is 12.4. The SMILES string of the molecule is COc1cc(C(=O)N2c3c(C)cc(S(=O)(=O)N4CCCC4)cc3CC2C)cc(OC)c1OC. The molecule has 8 nitrogen and oxygen atoms in total. The number of aryl methyl sites for hydroxylation is 1.